The normalized spacial score (nSPS) is 11.7. The Morgan fingerprint density at radius 1 is 0.944 bits per heavy atom. The summed E-state index contributed by atoms with van der Waals surface area (Å²) < 4.78 is 20.4. The molecule has 0 radical (unpaired) electrons. The minimum Gasteiger partial charge on any atom is -0.484 e. The summed E-state index contributed by atoms with van der Waals surface area (Å²) in [6.45, 7) is 8.16. The molecule has 0 aromatic heterocycles. The van der Waals surface area contributed by atoms with Crippen LogP contribution in [0.5, 0.6) is 5.75 Å². The second kappa shape index (κ2) is 12.9. The highest BCUT2D eigenvalue weighted by atomic mass is 19.1. The molecule has 0 bridgehead atoms. The van der Waals surface area contributed by atoms with Crippen molar-refractivity contribution in [1.29, 1.82) is 0 Å². The highest BCUT2D eigenvalue weighted by molar-refractivity contribution is 5.88. The number of nitrogens with zero attached hydrogens (tertiary/aromatic N) is 1. The SMILES string of the molecule is Cc1ccc(OCC(=O)N(Cc2ccccc2F)C(Cc2ccccc2)C(=O)NCC(C)C)cc1C. The van der Waals surface area contributed by atoms with Crippen molar-refractivity contribution in [2.75, 3.05) is 13.2 Å². The van der Waals surface area contributed by atoms with E-state index in [9.17, 15) is 14.0 Å². The van der Waals surface area contributed by atoms with Gasteiger partial charge >= 0.3 is 0 Å². The Morgan fingerprint density at radius 3 is 2.31 bits per heavy atom. The van der Waals surface area contributed by atoms with E-state index in [0.29, 0.717) is 24.3 Å². The highest BCUT2D eigenvalue weighted by Crippen LogP contribution is 2.19. The summed E-state index contributed by atoms with van der Waals surface area (Å²) >= 11 is 0. The summed E-state index contributed by atoms with van der Waals surface area (Å²) in [4.78, 5) is 28.4. The molecule has 5 nitrogen and oxygen atoms in total. The zero-order valence-electron chi connectivity index (χ0n) is 21.5. The molecule has 190 valence electrons. The van der Waals surface area contributed by atoms with Crippen molar-refractivity contribution in [3.8, 4) is 5.75 Å². The largest absolute Gasteiger partial charge is 0.484 e. The highest BCUT2D eigenvalue weighted by Gasteiger charge is 2.31. The molecule has 0 spiro atoms. The summed E-state index contributed by atoms with van der Waals surface area (Å²) in [5.41, 5.74) is 3.42. The van der Waals surface area contributed by atoms with Gasteiger partial charge in [-0.3, -0.25) is 9.59 Å². The molecule has 0 saturated heterocycles. The summed E-state index contributed by atoms with van der Waals surface area (Å²) in [7, 11) is 0. The number of amides is 2. The van der Waals surface area contributed by atoms with E-state index in [1.165, 1.54) is 11.0 Å². The van der Waals surface area contributed by atoms with Crippen LogP contribution in [0.2, 0.25) is 0 Å². The first-order chi connectivity index (χ1) is 17.2. The maximum atomic E-state index is 14.6. The van der Waals surface area contributed by atoms with Gasteiger partial charge in [-0.05, 0) is 54.7 Å². The lowest BCUT2D eigenvalue weighted by molar-refractivity contribution is -0.142. The van der Waals surface area contributed by atoms with Crippen LogP contribution in [0.25, 0.3) is 0 Å². The summed E-state index contributed by atoms with van der Waals surface area (Å²) in [5, 5.41) is 2.96. The second-order valence-electron chi connectivity index (χ2n) is 9.49. The summed E-state index contributed by atoms with van der Waals surface area (Å²) in [6, 6.07) is 20.6. The fourth-order valence-electron chi connectivity index (χ4n) is 3.82. The van der Waals surface area contributed by atoms with Crippen molar-refractivity contribution in [1.82, 2.24) is 10.2 Å². The zero-order chi connectivity index (χ0) is 26.1. The molecule has 1 atom stereocenters. The van der Waals surface area contributed by atoms with E-state index in [4.69, 9.17) is 4.74 Å². The molecular weight excluding hydrogens is 455 g/mol. The molecule has 3 rings (SSSR count). The molecule has 1 N–H and O–H groups in total. The maximum Gasteiger partial charge on any atom is 0.261 e. The predicted octanol–water partition coefficient (Wildman–Crippen LogP) is 5.23. The lowest BCUT2D eigenvalue weighted by Gasteiger charge is -2.31. The second-order valence-corrected chi connectivity index (χ2v) is 9.49. The summed E-state index contributed by atoms with van der Waals surface area (Å²) in [6.07, 6.45) is 0.300. The van der Waals surface area contributed by atoms with Gasteiger partial charge in [0.2, 0.25) is 5.91 Å². The van der Waals surface area contributed by atoms with Gasteiger partial charge in [0.05, 0.1) is 0 Å². The molecule has 36 heavy (non-hydrogen) atoms. The standard InChI is InChI=1S/C30H35FN2O3/c1-21(2)18-32-30(35)28(17-24-10-6-5-7-11-24)33(19-25-12-8-9-13-27(25)31)29(34)20-36-26-15-14-22(3)23(4)16-26/h5-16,21,28H,17-20H2,1-4H3,(H,32,35). The van der Waals surface area contributed by atoms with E-state index in [2.05, 4.69) is 5.32 Å². The van der Waals surface area contributed by atoms with Crippen molar-refractivity contribution >= 4 is 11.8 Å². The van der Waals surface area contributed by atoms with E-state index in [1.807, 2.05) is 76.2 Å². The van der Waals surface area contributed by atoms with Crippen LogP contribution in [0.1, 0.15) is 36.1 Å². The first-order valence-electron chi connectivity index (χ1n) is 12.3. The Hall–Kier alpha value is -3.67. The predicted molar refractivity (Wildman–Crippen MR) is 140 cm³/mol. The van der Waals surface area contributed by atoms with Gasteiger partial charge in [0.25, 0.3) is 5.91 Å². The van der Waals surface area contributed by atoms with Gasteiger partial charge in [-0.15, -0.1) is 0 Å². The van der Waals surface area contributed by atoms with Crippen LogP contribution in [0.3, 0.4) is 0 Å². The van der Waals surface area contributed by atoms with Crippen molar-refractivity contribution < 1.29 is 18.7 Å². The third-order valence-electron chi connectivity index (χ3n) is 6.09. The topological polar surface area (TPSA) is 58.6 Å². The Balaban J connectivity index is 1.91. The van der Waals surface area contributed by atoms with Crippen LogP contribution in [-0.4, -0.2) is 35.9 Å². The van der Waals surface area contributed by atoms with Crippen LogP contribution in [0, 0.1) is 25.6 Å². The fraction of sp³-hybridized carbons (Fsp3) is 0.333. The van der Waals surface area contributed by atoms with E-state index >= 15 is 0 Å². The van der Waals surface area contributed by atoms with E-state index in [1.54, 1.807) is 18.2 Å². The molecule has 1 unspecified atom stereocenters. The molecule has 3 aromatic rings. The van der Waals surface area contributed by atoms with Crippen LogP contribution in [-0.2, 0) is 22.6 Å². The molecule has 6 heteroatoms. The number of aryl methyl sites for hydroxylation is 2. The monoisotopic (exact) mass is 490 g/mol. The Kier molecular flexibility index (Phi) is 9.62. The van der Waals surface area contributed by atoms with E-state index in [-0.39, 0.29) is 25.0 Å². The first-order valence-corrected chi connectivity index (χ1v) is 12.3. The minimum atomic E-state index is -0.832. The molecule has 0 aliphatic heterocycles. The number of carbonyl (C=O) groups is 2. The zero-order valence-corrected chi connectivity index (χ0v) is 21.5. The van der Waals surface area contributed by atoms with Gasteiger partial charge in [0, 0.05) is 25.1 Å². The van der Waals surface area contributed by atoms with Crippen LogP contribution in [0.4, 0.5) is 4.39 Å². The number of carbonyl (C=O) groups excluding carboxylic acids is 2. The van der Waals surface area contributed by atoms with Gasteiger partial charge in [0.1, 0.15) is 17.6 Å². The van der Waals surface area contributed by atoms with Crippen molar-refractivity contribution in [3.05, 3.63) is 101 Å². The van der Waals surface area contributed by atoms with E-state index in [0.717, 1.165) is 16.7 Å². The fourth-order valence-corrected chi connectivity index (χ4v) is 3.82. The van der Waals surface area contributed by atoms with Crippen LogP contribution >= 0.6 is 0 Å². The molecular formula is C30H35FN2O3. The average molecular weight is 491 g/mol. The van der Waals surface area contributed by atoms with Gasteiger partial charge in [-0.25, -0.2) is 4.39 Å². The number of ether oxygens (including phenoxy) is 1. The third-order valence-corrected chi connectivity index (χ3v) is 6.09. The third kappa shape index (κ3) is 7.67. The Bertz CT molecular complexity index is 1160. The number of hydrogen-bond donors (Lipinski definition) is 1. The van der Waals surface area contributed by atoms with Gasteiger partial charge in [0.15, 0.2) is 6.61 Å². The minimum absolute atomic E-state index is 0.0472. The first kappa shape index (κ1) is 26.9. The van der Waals surface area contributed by atoms with Crippen LogP contribution < -0.4 is 10.1 Å². The van der Waals surface area contributed by atoms with Gasteiger partial charge in [-0.2, -0.15) is 0 Å². The quantitative estimate of drug-likeness (QED) is 0.400. The summed E-state index contributed by atoms with van der Waals surface area (Å²) in [5.74, 6) is -0.275. The molecule has 3 aromatic carbocycles. The molecule has 0 aliphatic carbocycles. The van der Waals surface area contributed by atoms with Gasteiger partial charge < -0.3 is 15.0 Å². The van der Waals surface area contributed by atoms with Crippen molar-refractivity contribution in [2.45, 2.75) is 46.7 Å². The average Bonchev–Trinajstić information content (AvgIpc) is 2.86. The van der Waals surface area contributed by atoms with E-state index < -0.39 is 17.8 Å². The number of halogens is 1. The maximum absolute atomic E-state index is 14.6. The van der Waals surface area contributed by atoms with Crippen molar-refractivity contribution in [3.63, 3.8) is 0 Å². The van der Waals surface area contributed by atoms with Gasteiger partial charge in [-0.1, -0.05) is 68.4 Å². The Labute approximate surface area is 213 Å². The number of nitrogens with one attached hydrogen (secondary N) is 1. The van der Waals surface area contributed by atoms with Crippen LogP contribution in [0.15, 0.2) is 72.8 Å². The smallest absolute Gasteiger partial charge is 0.261 e. The number of rotatable bonds is 11. The number of benzene rings is 3. The Morgan fingerprint density at radius 2 is 1.64 bits per heavy atom. The lowest BCUT2D eigenvalue weighted by Crippen LogP contribution is -2.52. The molecule has 0 saturated carbocycles. The molecule has 0 heterocycles. The molecule has 2 amide bonds. The molecule has 0 fully saturated rings. The van der Waals surface area contributed by atoms with Crippen molar-refractivity contribution in [2.24, 2.45) is 5.92 Å². The number of hydrogen-bond acceptors (Lipinski definition) is 3. The molecule has 0 aliphatic rings. The lowest BCUT2D eigenvalue weighted by atomic mass is 10.0.